The average molecular weight is 459 g/mol. The van der Waals surface area contributed by atoms with Crippen LogP contribution < -0.4 is 4.31 Å². The van der Waals surface area contributed by atoms with Crippen molar-refractivity contribution >= 4 is 21.5 Å². The van der Waals surface area contributed by atoms with E-state index in [4.69, 9.17) is 0 Å². The summed E-state index contributed by atoms with van der Waals surface area (Å²) in [5, 5.41) is 0. The lowest BCUT2D eigenvalue weighted by Crippen LogP contribution is -2.36. The van der Waals surface area contributed by atoms with Crippen molar-refractivity contribution in [3.8, 4) is 0 Å². The predicted octanol–water partition coefficient (Wildman–Crippen LogP) is 4.98. The standard InChI is InChI=1S/C24H20F3NO3S/c1-15-12-18(25)9-10-23(15)32(30,31)28-11-3-4-17-8-7-16(13-21(17)28)14-22(29)24-19(26)5-2-6-20(24)27/h2,5-10,12-13H,3-4,11,14H2,1H3. The second-order valence-corrected chi connectivity index (χ2v) is 9.58. The number of hydrogen-bond acceptors (Lipinski definition) is 3. The molecule has 0 N–H and O–H groups in total. The van der Waals surface area contributed by atoms with Gasteiger partial charge in [0.05, 0.1) is 16.1 Å². The summed E-state index contributed by atoms with van der Waals surface area (Å²) in [7, 11) is -3.97. The van der Waals surface area contributed by atoms with E-state index in [-0.39, 0.29) is 17.9 Å². The lowest BCUT2D eigenvalue weighted by molar-refractivity contribution is 0.0985. The zero-order chi connectivity index (χ0) is 23.0. The monoisotopic (exact) mass is 459 g/mol. The van der Waals surface area contributed by atoms with Gasteiger partial charge in [-0.1, -0.05) is 18.2 Å². The molecule has 0 fully saturated rings. The lowest BCUT2D eigenvalue weighted by atomic mass is 9.97. The fourth-order valence-electron chi connectivity index (χ4n) is 4.01. The van der Waals surface area contributed by atoms with Crippen molar-refractivity contribution in [1.82, 2.24) is 0 Å². The normalized spacial score (nSPS) is 13.7. The van der Waals surface area contributed by atoms with Crippen LogP contribution in [0.3, 0.4) is 0 Å². The maximum Gasteiger partial charge on any atom is 0.264 e. The molecule has 166 valence electrons. The molecule has 0 aliphatic carbocycles. The van der Waals surface area contributed by atoms with Gasteiger partial charge < -0.3 is 0 Å². The zero-order valence-electron chi connectivity index (χ0n) is 17.2. The summed E-state index contributed by atoms with van der Waals surface area (Å²) < 4.78 is 69.4. The van der Waals surface area contributed by atoms with Crippen LogP contribution >= 0.6 is 0 Å². The van der Waals surface area contributed by atoms with Gasteiger partial charge in [-0.25, -0.2) is 21.6 Å². The predicted molar refractivity (Wildman–Crippen MR) is 115 cm³/mol. The minimum Gasteiger partial charge on any atom is -0.294 e. The number of rotatable bonds is 5. The van der Waals surface area contributed by atoms with Crippen LogP contribution in [-0.2, 0) is 22.9 Å². The Labute approximate surface area is 184 Å². The number of fused-ring (bicyclic) bond motifs is 1. The van der Waals surface area contributed by atoms with Gasteiger partial charge in [0.15, 0.2) is 5.78 Å². The quantitative estimate of drug-likeness (QED) is 0.506. The molecule has 1 aliphatic rings. The average Bonchev–Trinajstić information content (AvgIpc) is 2.72. The van der Waals surface area contributed by atoms with E-state index in [0.717, 1.165) is 29.8 Å². The van der Waals surface area contributed by atoms with E-state index in [9.17, 15) is 26.4 Å². The minimum absolute atomic E-state index is 0.00153. The molecule has 0 atom stereocenters. The molecule has 1 aliphatic heterocycles. The first-order valence-electron chi connectivity index (χ1n) is 10.1. The number of sulfonamides is 1. The fourth-order valence-corrected chi connectivity index (χ4v) is 5.75. The molecule has 32 heavy (non-hydrogen) atoms. The number of ketones is 1. The SMILES string of the molecule is Cc1cc(F)ccc1S(=O)(=O)N1CCCc2ccc(CC(=O)c3c(F)cccc3F)cc21. The molecule has 0 saturated heterocycles. The summed E-state index contributed by atoms with van der Waals surface area (Å²) >= 11 is 0. The third-order valence-electron chi connectivity index (χ3n) is 5.54. The van der Waals surface area contributed by atoms with Crippen LogP contribution in [0, 0.1) is 24.4 Å². The van der Waals surface area contributed by atoms with Crippen LogP contribution in [-0.4, -0.2) is 20.7 Å². The smallest absolute Gasteiger partial charge is 0.264 e. The zero-order valence-corrected chi connectivity index (χ0v) is 18.1. The third-order valence-corrected chi connectivity index (χ3v) is 7.51. The van der Waals surface area contributed by atoms with Crippen molar-refractivity contribution in [3.63, 3.8) is 0 Å². The second-order valence-electron chi connectivity index (χ2n) is 7.75. The summed E-state index contributed by atoms with van der Waals surface area (Å²) in [6.07, 6.45) is 0.972. The Morgan fingerprint density at radius 2 is 1.72 bits per heavy atom. The first kappa shape index (κ1) is 22.1. The van der Waals surface area contributed by atoms with E-state index >= 15 is 0 Å². The molecule has 0 amide bonds. The molecule has 0 aromatic heterocycles. The molecule has 0 spiro atoms. The Hall–Kier alpha value is -3.13. The van der Waals surface area contributed by atoms with Crippen LogP contribution in [0.4, 0.5) is 18.9 Å². The highest BCUT2D eigenvalue weighted by Gasteiger charge is 2.31. The number of carbonyl (C=O) groups is 1. The number of aryl methyl sites for hydroxylation is 2. The lowest BCUT2D eigenvalue weighted by Gasteiger charge is -2.31. The summed E-state index contributed by atoms with van der Waals surface area (Å²) in [6.45, 7) is 1.75. The summed E-state index contributed by atoms with van der Waals surface area (Å²) in [5.74, 6) is -3.14. The summed E-state index contributed by atoms with van der Waals surface area (Å²) in [6, 6.07) is 11.7. The van der Waals surface area contributed by atoms with Crippen molar-refractivity contribution in [3.05, 3.63) is 94.3 Å². The van der Waals surface area contributed by atoms with E-state index in [1.54, 1.807) is 18.2 Å². The maximum atomic E-state index is 14.0. The Balaban J connectivity index is 1.70. The number of Topliss-reactive ketones (excluding diaryl/α,β-unsaturated/α-hetero) is 1. The molecule has 0 saturated carbocycles. The van der Waals surface area contributed by atoms with Gasteiger partial charge in [0.25, 0.3) is 10.0 Å². The Bertz CT molecular complexity index is 1300. The number of nitrogens with zero attached hydrogens (tertiary/aromatic N) is 1. The first-order chi connectivity index (χ1) is 15.2. The molecule has 3 aromatic rings. The van der Waals surface area contributed by atoms with Gasteiger partial charge in [-0.15, -0.1) is 0 Å². The second kappa shape index (κ2) is 8.43. The number of hydrogen-bond donors (Lipinski definition) is 0. The van der Waals surface area contributed by atoms with Crippen molar-refractivity contribution in [2.75, 3.05) is 10.8 Å². The molecule has 1 heterocycles. The van der Waals surface area contributed by atoms with Gasteiger partial charge in [-0.05, 0) is 72.9 Å². The minimum atomic E-state index is -3.97. The maximum absolute atomic E-state index is 14.0. The van der Waals surface area contributed by atoms with Gasteiger partial charge >= 0.3 is 0 Å². The van der Waals surface area contributed by atoms with Crippen molar-refractivity contribution in [1.29, 1.82) is 0 Å². The van der Waals surface area contributed by atoms with Crippen molar-refractivity contribution in [2.45, 2.75) is 31.1 Å². The van der Waals surface area contributed by atoms with Crippen molar-refractivity contribution < 1.29 is 26.4 Å². The fraction of sp³-hybridized carbons (Fsp3) is 0.208. The number of halogens is 3. The van der Waals surface area contributed by atoms with Crippen LogP contribution in [0.5, 0.6) is 0 Å². The van der Waals surface area contributed by atoms with E-state index in [1.165, 1.54) is 23.4 Å². The van der Waals surface area contributed by atoms with Gasteiger partial charge in [-0.2, -0.15) is 0 Å². The highest BCUT2D eigenvalue weighted by atomic mass is 32.2. The highest BCUT2D eigenvalue weighted by Crippen LogP contribution is 2.34. The van der Waals surface area contributed by atoms with E-state index in [2.05, 4.69) is 0 Å². The number of benzene rings is 3. The molecule has 3 aromatic carbocycles. The van der Waals surface area contributed by atoms with E-state index < -0.39 is 38.8 Å². The number of carbonyl (C=O) groups excluding carboxylic acids is 1. The first-order valence-corrected chi connectivity index (χ1v) is 11.5. The van der Waals surface area contributed by atoms with E-state index in [0.29, 0.717) is 29.7 Å². The van der Waals surface area contributed by atoms with Crippen LogP contribution in [0.2, 0.25) is 0 Å². The molecular weight excluding hydrogens is 439 g/mol. The molecule has 0 bridgehead atoms. The highest BCUT2D eigenvalue weighted by molar-refractivity contribution is 7.92. The van der Waals surface area contributed by atoms with Crippen LogP contribution in [0.25, 0.3) is 0 Å². The van der Waals surface area contributed by atoms with Gasteiger partial charge in [0.2, 0.25) is 0 Å². The Kier molecular flexibility index (Phi) is 5.81. The molecule has 4 nitrogen and oxygen atoms in total. The third kappa shape index (κ3) is 4.02. The molecular formula is C24H20F3NO3S. The van der Waals surface area contributed by atoms with Crippen LogP contribution in [0.15, 0.2) is 59.5 Å². The van der Waals surface area contributed by atoms with Gasteiger partial charge in [-0.3, -0.25) is 9.10 Å². The molecule has 8 heteroatoms. The molecule has 0 radical (unpaired) electrons. The largest absolute Gasteiger partial charge is 0.294 e. The van der Waals surface area contributed by atoms with E-state index in [1.807, 2.05) is 0 Å². The molecule has 0 unspecified atom stereocenters. The van der Waals surface area contributed by atoms with Gasteiger partial charge in [0, 0.05) is 13.0 Å². The van der Waals surface area contributed by atoms with Crippen molar-refractivity contribution in [2.24, 2.45) is 0 Å². The summed E-state index contributed by atoms with van der Waals surface area (Å²) in [5.41, 5.74) is 1.32. The summed E-state index contributed by atoms with van der Waals surface area (Å²) in [4.78, 5) is 12.6. The number of anilines is 1. The van der Waals surface area contributed by atoms with Gasteiger partial charge in [0.1, 0.15) is 17.5 Å². The Morgan fingerprint density at radius 1 is 1.00 bits per heavy atom. The topological polar surface area (TPSA) is 54.5 Å². The Morgan fingerprint density at radius 3 is 2.41 bits per heavy atom. The molecule has 4 rings (SSSR count). The van der Waals surface area contributed by atoms with Crippen LogP contribution in [0.1, 0.15) is 33.5 Å².